The Morgan fingerprint density at radius 2 is 1.85 bits per heavy atom. The van der Waals surface area contributed by atoms with Crippen molar-refractivity contribution in [3.8, 4) is 0 Å². The van der Waals surface area contributed by atoms with Gasteiger partial charge in [0.25, 0.3) is 5.67 Å². The first-order valence-electron chi connectivity index (χ1n) is 4.04. The van der Waals surface area contributed by atoms with Crippen LogP contribution in [0.1, 0.15) is 20.8 Å². The third-order valence-corrected chi connectivity index (χ3v) is 1.37. The minimum absolute atomic E-state index is 0.0811. The number of esters is 1. The molecule has 0 aromatic rings. The Balaban J connectivity index is 4.36. The monoisotopic (exact) mass is 191 g/mol. The van der Waals surface area contributed by atoms with Gasteiger partial charge in [0.2, 0.25) is 5.90 Å². The van der Waals surface area contributed by atoms with E-state index in [0.29, 0.717) is 0 Å². The highest BCUT2D eigenvalue weighted by Gasteiger charge is 2.41. The van der Waals surface area contributed by atoms with Crippen molar-refractivity contribution in [1.29, 1.82) is 5.41 Å². The minimum Gasteiger partial charge on any atom is -0.479 e. The molecule has 1 atom stereocenters. The lowest BCUT2D eigenvalue weighted by atomic mass is 10.1. The zero-order valence-corrected chi connectivity index (χ0v) is 8.02. The standard InChI is InChI=1S/C8H14FNO3/c1-4-12-6(10)8(3,9)7(11)13-5-2/h10H,4-5H2,1-3H3. The highest BCUT2D eigenvalue weighted by molar-refractivity contribution is 6.04. The number of carbonyl (C=O) groups is 1. The summed E-state index contributed by atoms with van der Waals surface area (Å²) >= 11 is 0. The lowest BCUT2D eigenvalue weighted by molar-refractivity contribution is -0.152. The molecule has 5 heteroatoms. The number of alkyl halides is 1. The van der Waals surface area contributed by atoms with E-state index in [0.717, 1.165) is 6.92 Å². The third-order valence-electron chi connectivity index (χ3n) is 1.37. The van der Waals surface area contributed by atoms with Crippen molar-refractivity contribution in [1.82, 2.24) is 0 Å². The number of nitrogens with one attached hydrogen (secondary N) is 1. The molecule has 0 rings (SSSR count). The quantitative estimate of drug-likeness (QED) is 0.414. The second kappa shape index (κ2) is 4.79. The summed E-state index contributed by atoms with van der Waals surface area (Å²) in [6.07, 6.45) is 0. The van der Waals surface area contributed by atoms with Crippen LogP contribution >= 0.6 is 0 Å². The van der Waals surface area contributed by atoms with Crippen LogP contribution in [0.4, 0.5) is 4.39 Å². The molecule has 0 heterocycles. The Kier molecular flexibility index (Phi) is 4.37. The van der Waals surface area contributed by atoms with Gasteiger partial charge in [0.05, 0.1) is 13.2 Å². The molecule has 0 saturated carbocycles. The van der Waals surface area contributed by atoms with Crippen molar-refractivity contribution < 1.29 is 18.7 Å². The van der Waals surface area contributed by atoms with Gasteiger partial charge >= 0.3 is 5.97 Å². The van der Waals surface area contributed by atoms with Crippen molar-refractivity contribution in [2.45, 2.75) is 26.4 Å². The molecule has 1 N–H and O–H groups in total. The van der Waals surface area contributed by atoms with E-state index < -0.39 is 17.5 Å². The maximum atomic E-state index is 13.4. The first-order chi connectivity index (χ1) is 5.96. The lowest BCUT2D eigenvalue weighted by Crippen LogP contribution is -2.41. The zero-order valence-electron chi connectivity index (χ0n) is 8.02. The van der Waals surface area contributed by atoms with E-state index in [4.69, 9.17) is 5.41 Å². The van der Waals surface area contributed by atoms with Gasteiger partial charge in [-0.25, -0.2) is 9.18 Å². The van der Waals surface area contributed by atoms with E-state index in [-0.39, 0.29) is 13.2 Å². The smallest absolute Gasteiger partial charge is 0.353 e. The molecule has 1 unspecified atom stereocenters. The molecule has 0 bridgehead atoms. The Morgan fingerprint density at radius 1 is 1.38 bits per heavy atom. The summed E-state index contributed by atoms with van der Waals surface area (Å²) in [5.74, 6) is -1.80. The van der Waals surface area contributed by atoms with Crippen molar-refractivity contribution >= 4 is 11.9 Å². The van der Waals surface area contributed by atoms with Gasteiger partial charge in [0.15, 0.2) is 0 Å². The van der Waals surface area contributed by atoms with Crippen LogP contribution in [0.25, 0.3) is 0 Å². The number of halogens is 1. The number of ether oxygens (including phenoxy) is 2. The second-order valence-electron chi connectivity index (χ2n) is 2.49. The summed E-state index contributed by atoms with van der Waals surface area (Å²) in [5, 5.41) is 7.10. The fourth-order valence-electron chi connectivity index (χ4n) is 0.639. The predicted octanol–water partition coefficient (Wildman–Crippen LogP) is 1.29. The molecular formula is C8H14FNO3. The fourth-order valence-corrected chi connectivity index (χ4v) is 0.639. The van der Waals surface area contributed by atoms with Crippen LogP contribution in [-0.2, 0) is 14.3 Å². The number of hydrogen-bond donors (Lipinski definition) is 1. The SMILES string of the molecule is CCOC(=N)C(C)(F)C(=O)OCC. The zero-order chi connectivity index (χ0) is 10.5. The molecule has 0 spiro atoms. The van der Waals surface area contributed by atoms with Crippen LogP contribution in [0, 0.1) is 5.41 Å². The summed E-state index contributed by atoms with van der Waals surface area (Å²) in [6.45, 7) is 4.35. The fraction of sp³-hybridized carbons (Fsp3) is 0.750. The molecule has 0 aliphatic heterocycles. The molecule has 0 saturated heterocycles. The Morgan fingerprint density at radius 3 is 2.23 bits per heavy atom. The molecule has 0 aromatic heterocycles. The highest BCUT2D eigenvalue weighted by atomic mass is 19.1. The van der Waals surface area contributed by atoms with Gasteiger partial charge in [-0.05, 0) is 20.8 Å². The van der Waals surface area contributed by atoms with Crippen LogP contribution < -0.4 is 0 Å². The summed E-state index contributed by atoms with van der Waals surface area (Å²) in [4.78, 5) is 11.0. The van der Waals surface area contributed by atoms with Crippen molar-refractivity contribution in [3.63, 3.8) is 0 Å². The van der Waals surface area contributed by atoms with E-state index in [9.17, 15) is 9.18 Å². The Labute approximate surface area is 76.5 Å². The van der Waals surface area contributed by atoms with Crippen LogP contribution in [0.3, 0.4) is 0 Å². The normalized spacial score (nSPS) is 14.5. The first kappa shape index (κ1) is 11.9. The van der Waals surface area contributed by atoms with Gasteiger partial charge in [-0.15, -0.1) is 0 Å². The van der Waals surface area contributed by atoms with Gasteiger partial charge < -0.3 is 9.47 Å². The van der Waals surface area contributed by atoms with Crippen molar-refractivity contribution in [2.75, 3.05) is 13.2 Å². The average Bonchev–Trinajstić information content (AvgIpc) is 2.05. The molecule has 0 fully saturated rings. The maximum Gasteiger partial charge on any atom is 0.353 e. The first-order valence-corrected chi connectivity index (χ1v) is 4.04. The molecule has 76 valence electrons. The molecular weight excluding hydrogens is 177 g/mol. The Bertz CT molecular complexity index is 184. The molecule has 0 aliphatic carbocycles. The average molecular weight is 191 g/mol. The summed E-state index contributed by atoms with van der Waals surface area (Å²) < 4.78 is 22.4. The summed E-state index contributed by atoms with van der Waals surface area (Å²) in [5.41, 5.74) is -2.48. The lowest BCUT2D eigenvalue weighted by Gasteiger charge is -2.18. The second-order valence-corrected chi connectivity index (χ2v) is 2.49. The number of carbonyl (C=O) groups excluding carboxylic acids is 1. The van der Waals surface area contributed by atoms with Gasteiger partial charge in [0, 0.05) is 0 Å². The van der Waals surface area contributed by atoms with Crippen LogP contribution in [-0.4, -0.2) is 30.7 Å². The molecule has 4 nitrogen and oxygen atoms in total. The van der Waals surface area contributed by atoms with E-state index in [1.54, 1.807) is 13.8 Å². The summed E-state index contributed by atoms with van der Waals surface area (Å²) in [6, 6.07) is 0. The van der Waals surface area contributed by atoms with Crippen molar-refractivity contribution in [3.05, 3.63) is 0 Å². The van der Waals surface area contributed by atoms with E-state index in [2.05, 4.69) is 9.47 Å². The molecule has 0 radical (unpaired) electrons. The van der Waals surface area contributed by atoms with Gasteiger partial charge in [-0.2, -0.15) is 0 Å². The summed E-state index contributed by atoms with van der Waals surface area (Å²) in [7, 11) is 0. The largest absolute Gasteiger partial charge is 0.479 e. The number of rotatable bonds is 4. The topological polar surface area (TPSA) is 59.4 Å². The van der Waals surface area contributed by atoms with Crippen molar-refractivity contribution in [2.24, 2.45) is 0 Å². The Hall–Kier alpha value is -1.13. The van der Waals surface area contributed by atoms with Crippen LogP contribution in [0.2, 0.25) is 0 Å². The van der Waals surface area contributed by atoms with E-state index >= 15 is 0 Å². The maximum absolute atomic E-state index is 13.4. The minimum atomic E-state index is -2.48. The van der Waals surface area contributed by atoms with Crippen LogP contribution in [0.5, 0.6) is 0 Å². The molecule has 13 heavy (non-hydrogen) atoms. The van der Waals surface area contributed by atoms with E-state index in [1.165, 1.54) is 0 Å². The van der Waals surface area contributed by atoms with Gasteiger partial charge in [-0.3, -0.25) is 5.41 Å². The highest BCUT2D eigenvalue weighted by Crippen LogP contribution is 2.15. The number of hydrogen-bond acceptors (Lipinski definition) is 4. The molecule has 0 aromatic carbocycles. The van der Waals surface area contributed by atoms with Crippen LogP contribution in [0.15, 0.2) is 0 Å². The van der Waals surface area contributed by atoms with E-state index in [1.807, 2.05) is 0 Å². The third kappa shape index (κ3) is 3.01. The predicted molar refractivity (Wildman–Crippen MR) is 45.5 cm³/mol. The molecule has 0 amide bonds. The molecule has 0 aliphatic rings. The van der Waals surface area contributed by atoms with Gasteiger partial charge in [0.1, 0.15) is 0 Å². The van der Waals surface area contributed by atoms with Gasteiger partial charge in [-0.1, -0.05) is 0 Å².